The Kier molecular flexibility index (Phi) is 8.59. The van der Waals surface area contributed by atoms with Crippen LogP contribution in [0.5, 0.6) is 0 Å². The molecular weight excluding hydrogens is 362 g/mol. The highest BCUT2D eigenvalue weighted by molar-refractivity contribution is 5.89. The van der Waals surface area contributed by atoms with Gasteiger partial charge in [0.1, 0.15) is 5.60 Å². The fraction of sp³-hybridized carbons (Fsp3) is 0.440. The van der Waals surface area contributed by atoms with Crippen molar-refractivity contribution < 1.29 is 14.6 Å². The van der Waals surface area contributed by atoms with Crippen LogP contribution in [-0.2, 0) is 16.1 Å². The van der Waals surface area contributed by atoms with Gasteiger partial charge < -0.3 is 9.84 Å². The fourth-order valence-corrected chi connectivity index (χ4v) is 3.06. The number of aliphatic hydroxyl groups excluding tert-OH is 1. The third-order valence-electron chi connectivity index (χ3n) is 4.51. The second-order valence-corrected chi connectivity index (χ2v) is 8.39. The van der Waals surface area contributed by atoms with Crippen molar-refractivity contribution in [3.8, 4) is 0 Å². The number of carbonyl (C=O) groups is 1. The van der Waals surface area contributed by atoms with Gasteiger partial charge in [0.25, 0.3) is 0 Å². The number of hydrogen-bond acceptors (Lipinski definition) is 4. The number of hydrogen-bond donors (Lipinski definition) is 1. The molecule has 0 atom stereocenters. The van der Waals surface area contributed by atoms with Gasteiger partial charge >= 0.3 is 5.97 Å². The molecule has 1 aromatic rings. The molecule has 29 heavy (non-hydrogen) atoms. The van der Waals surface area contributed by atoms with Crippen molar-refractivity contribution >= 4 is 17.9 Å². The maximum atomic E-state index is 11.7. The number of nitrogens with zero attached hydrogens (tertiary/aromatic N) is 1. The molecule has 0 radical (unpaired) electrons. The van der Waals surface area contributed by atoms with E-state index in [2.05, 4.69) is 25.2 Å². The van der Waals surface area contributed by atoms with Crippen molar-refractivity contribution in [2.75, 3.05) is 0 Å². The third-order valence-corrected chi connectivity index (χ3v) is 4.51. The lowest BCUT2D eigenvalue weighted by molar-refractivity contribution is -0.154. The molecule has 2 rings (SSSR count). The van der Waals surface area contributed by atoms with Gasteiger partial charge in [-0.1, -0.05) is 36.4 Å². The molecule has 0 saturated carbocycles. The molecule has 1 N–H and O–H groups in total. The lowest BCUT2D eigenvalue weighted by Gasteiger charge is -2.19. The van der Waals surface area contributed by atoms with E-state index < -0.39 is 5.60 Å². The van der Waals surface area contributed by atoms with Crippen LogP contribution in [0.25, 0.3) is 5.70 Å². The predicted octanol–water partition coefficient (Wildman–Crippen LogP) is 5.77. The molecule has 0 aromatic heterocycles. The summed E-state index contributed by atoms with van der Waals surface area (Å²) < 4.78 is 5.32. The normalized spacial score (nSPS) is 14.9. The van der Waals surface area contributed by atoms with Crippen LogP contribution in [0.1, 0.15) is 70.9 Å². The van der Waals surface area contributed by atoms with Crippen molar-refractivity contribution in [2.24, 2.45) is 4.99 Å². The topological polar surface area (TPSA) is 58.9 Å². The molecule has 0 fully saturated rings. The molecule has 0 spiro atoms. The molecule has 0 saturated heterocycles. The van der Waals surface area contributed by atoms with Crippen LogP contribution >= 0.6 is 0 Å². The second-order valence-electron chi connectivity index (χ2n) is 8.39. The molecular formula is C25H33NO3. The summed E-state index contributed by atoms with van der Waals surface area (Å²) in [6, 6.07) is 7.88. The minimum Gasteiger partial charge on any atom is -0.460 e. The smallest absolute Gasteiger partial charge is 0.306 e. The van der Waals surface area contributed by atoms with E-state index in [0.29, 0.717) is 6.42 Å². The van der Waals surface area contributed by atoms with Gasteiger partial charge in [0.2, 0.25) is 0 Å². The van der Waals surface area contributed by atoms with Crippen LogP contribution in [0.4, 0.5) is 0 Å². The maximum Gasteiger partial charge on any atom is 0.306 e. The number of unbranched alkanes of at least 4 members (excludes halogenated alkanes) is 2. The van der Waals surface area contributed by atoms with E-state index in [1.54, 1.807) is 0 Å². The number of ether oxygens (including phenoxy) is 1. The van der Waals surface area contributed by atoms with Gasteiger partial charge in [-0.3, -0.25) is 9.79 Å². The largest absolute Gasteiger partial charge is 0.460 e. The standard InChI is InChI=1S/C25H33NO3/c1-19-14-15-20(10-7-5-6-8-13-23(28)29-25(2,3)4)17-26-24(19)22-12-9-11-21(16-22)18-27/h7,9-12,15-17,27H,5-6,8,13-14,18H2,1-4H3. The molecule has 1 aliphatic rings. The van der Waals surface area contributed by atoms with Crippen LogP contribution in [0.3, 0.4) is 0 Å². The van der Waals surface area contributed by atoms with Crippen LogP contribution in [0, 0.1) is 0 Å². The summed E-state index contributed by atoms with van der Waals surface area (Å²) >= 11 is 0. The number of aliphatic imine (C=N–C) groups is 1. The molecule has 0 unspecified atom stereocenters. The fourth-order valence-electron chi connectivity index (χ4n) is 3.06. The zero-order chi connectivity index (χ0) is 21.3. The van der Waals surface area contributed by atoms with E-state index in [1.165, 1.54) is 5.57 Å². The first-order chi connectivity index (χ1) is 13.8. The first-order valence-electron chi connectivity index (χ1n) is 10.3. The average molecular weight is 396 g/mol. The summed E-state index contributed by atoms with van der Waals surface area (Å²) in [5.41, 5.74) is 4.78. The summed E-state index contributed by atoms with van der Waals surface area (Å²) in [5.74, 6) is -0.126. The van der Waals surface area contributed by atoms with Crippen molar-refractivity contribution in [1.29, 1.82) is 0 Å². The van der Waals surface area contributed by atoms with Crippen molar-refractivity contribution in [2.45, 2.75) is 72.0 Å². The van der Waals surface area contributed by atoms with Gasteiger partial charge in [0.05, 0.1) is 12.3 Å². The Morgan fingerprint density at radius 2 is 2.07 bits per heavy atom. The zero-order valence-corrected chi connectivity index (χ0v) is 18.1. The van der Waals surface area contributed by atoms with Gasteiger partial charge in [-0.05, 0) is 76.2 Å². The third kappa shape index (κ3) is 8.20. The summed E-state index contributed by atoms with van der Waals surface area (Å²) in [4.78, 5) is 16.4. The predicted molar refractivity (Wildman–Crippen MR) is 120 cm³/mol. The van der Waals surface area contributed by atoms with E-state index >= 15 is 0 Å². The Morgan fingerprint density at radius 1 is 1.28 bits per heavy atom. The molecule has 1 aliphatic heterocycles. The molecule has 156 valence electrons. The monoisotopic (exact) mass is 395 g/mol. The first-order valence-corrected chi connectivity index (χ1v) is 10.3. The number of esters is 1. The maximum absolute atomic E-state index is 11.7. The second kappa shape index (κ2) is 10.9. The Balaban J connectivity index is 1.83. The lowest BCUT2D eigenvalue weighted by Crippen LogP contribution is -2.23. The van der Waals surface area contributed by atoms with Crippen LogP contribution in [-0.4, -0.2) is 22.9 Å². The number of carbonyl (C=O) groups excluding carboxylic acids is 1. The molecule has 1 heterocycles. The lowest BCUT2D eigenvalue weighted by atomic mass is 10.0. The van der Waals surface area contributed by atoms with E-state index in [4.69, 9.17) is 9.73 Å². The van der Waals surface area contributed by atoms with Crippen LogP contribution < -0.4 is 0 Å². The number of benzene rings is 1. The molecule has 0 amide bonds. The Hall–Kier alpha value is -2.46. The Bertz CT molecular complexity index is 823. The first kappa shape index (κ1) is 22.8. The van der Waals surface area contributed by atoms with Gasteiger partial charge in [0.15, 0.2) is 0 Å². The van der Waals surface area contributed by atoms with Gasteiger partial charge in [-0.15, -0.1) is 0 Å². The van der Waals surface area contributed by atoms with E-state index in [-0.39, 0.29) is 12.6 Å². The van der Waals surface area contributed by atoms with Gasteiger partial charge in [-0.25, -0.2) is 0 Å². The minimum absolute atomic E-state index is 0.0318. The number of allylic oxidation sites excluding steroid dienone is 5. The highest BCUT2D eigenvalue weighted by Crippen LogP contribution is 2.26. The highest BCUT2D eigenvalue weighted by Gasteiger charge is 2.15. The highest BCUT2D eigenvalue weighted by atomic mass is 16.6. The molecule has 4 heteroatoms. The zero-order valence-electron chi connectivity index (χ0n) is 18.1. The summed E-state index contributed by atoms with van der Waals surface area (Å²) in [7, 11) is 0. The van der Waals surface area contributed by atoms with E-state index in [1.807, 2.05) is 51.3 Å². The molecule has 0 bridgehead atoms. The minimum atomic E-state index is -0.410. The van der Waals surface area contributed by atoms with Crippen LogP contribution in [0.15, 0.2) is 58.6 Å². The molecule has 1 aromatic carbocycles. The Labute approximate surface area is 174 Å². The average Bonchev–Trinajstić information content (AvgIpc) is 2.85. The number of aliphatic hydroxyl groups is 1. The van der Waals surface area contributed by atoms with Crippen molar-refractivity contribution in [1.82, 2.24) is 0 Å². The SMILES string of the molecule is CC1=C(c2cccc(CO)c2)N=CC(C=CCCCCC(=O)OC(C)(C)C)=CC1. The quantitative estimate of drug-likeness (QED) is 0.449. The van der Waals surface area contributed by atoms with Crippen molar-refractivity contribution in [3.63, 3.8) is 0 Å². The molecule has 4 nitrogen and oxygen atoms in total. The van der Waals surface area contributed by atoms with Gasteiger partial charge in [0, 0.05) is 18.2 Å². The van der Waals surface area contributed by atoms with Crippen molar-refractivity contribution in [3.05, 3.63) is 64.8 Å². The van der Waals surface area contributed by atoms with Crippen LogP contribution in [0.2, 0.25) is 0 Å². The Morgan fingerprint density at radius 3 is 2.79 bits per heavy atom. The van der Waals surface area contributed by atoms with E-state index in [0.717, 1.165) is 48.1 Å². The summed E-state index contributed by atoms with van der Waals surface area (Å²) in [6.45, 7) is 7.80. The summed E-state index contributed by atoms with van der Waals surface area (Å²) in [5, 5.41) is 9.36. The number of rotatable bonds is 8. The van der Waals surface area contributed by atoms with E-state index in [9.17, 15) is 9.90 Å². The molecule has 0 aliphatic carbocycles. The summed E-state index contributed by atoms with van der Waals surface area (Å²) in [6.07, 6.45) is 12.3. The van der Waals surface area contributed by atoms with Gasteiger partial charge in [-0.2, -0.15) is 0 Å².